The van der Waals surface area contributed by atoms with Gasteiger partial charge in [0.2, 0.25) is 0 Å². The van der Waals surface area contributed by atoms with Crippen molar-refractivity contribution in [2.45, 2.75) is 19.8 Å². The second-order valence-corrected chi connectivity index (χ2v) is 2.25. The van der Waals surface area contributed by atoms with Gasteiger partial charge in [-0.15, -0.1) is 0 Å². The van der Waals surface area contributed by atoms with Crippen LogP contribution in [0, 0.1) is 0 Å². The molecule has 1 fully saturated rings. The number of nitrogens with zero attached hydrogens (tertiary/aromatic N) is 1. The number of rotatable bonds is 2. The molecule has 52 valence electrons. The van der Waals surface area contributed by atoms with E-state index in [0.717, 1.165) is 19.5 Å². The molecule has 9 heavy (non-hydrogen) atoms. The van der Waals surface area contributed by atoms with Crippen molar-refractivity contribution in [3.8, 4) is 0 Å². The van der Waals surface area contributed by atoms with E-state index in [1.165, 1.54) is 6.42 Å². The summed E-state index contributed by atoms with van der Waals surface area (Å²) in [6, 6.07) is 0. The smallest absolute Gasteiger partial charge is 0.0350 e. The van der Waals surface area contributed by atoms with E-state index in [0.29, 0.717) is 0 Å². The summed E-state index contributed by atoms with van der Waals surface area (Å²) in [5.41, 5.74) is 3.24. The second kappa shape index (κ2) is 3.51. The van der Waals surface area contributed by atoms with Crippen molar-refractivity contribution in [1.29, 1.82) is 0 Å². The molecule has 0 aromatic heterocycles. The number of nitrogens with one attached hydrogen (secondary N) is 1. The van der Waals surface area contributed by atoms with Gasteiger partial charge in [-0.2, -0.15) is 0 Å². The molecule has 0 radical (unpaired) electrons. The Hall–Kier alpha value is -0.500. The van der Waals surface area contributed by atoms with Gasteiger partial charge in [-0.25, -0.2) is 5.43 Å². The van der Waals surface area contributed by atoms with Crippen LogP contribution >= 0.6 is 0 Å². The predicted molar refractivity (Wildman–Crippen MR) is 38.8 cm³/mol. The SMILES string of the molecule is CCC=CN1CCCN1. The number of hydrogen-bond donors (Lipinski definition) is 1. The van der Waals surface area contributed by atoms with Crippen LogP contribution in [0.4, 0.5) is 0 Å². The molecule has 0 aromatic carbocycles. The zero-order chi connectivity index (χ0) is 6.53. The maximum Gasteiger partial charge on any atom is 0.0350 e. The van der Waals surface area contributed by atoms with Crippen LogP contribution < -0.4 is 5.43 Å². The molecule has 0 unspecified atom stereocenters. The lowest BCUT2D eigenvalue weighted by atomic mass is 10.4. The van der Waals surface area contributed by atoms with Gasteiger partial charge in [0.25, 0.3) is 0 Å². The van der Waals surface area contributed by atoms with Crippen LogP contribution in [0.2, 0.25) is 0 Å². The molecule has 0 spiro atoms. The molecule has 1 rings (SSSR count). The van der Waals surface area contributed by atoms with Crippen molar-refractivity contribution in [3.63, 3.8) is 0 Å². The molecular weight excluding hydrogens is 112 g/mol. The average Bonchev–Trinajstić information content (AvgIpc) is 2.34. The first-order valence-electron chi connectivity index (χ1n) is 3.60. The first-order chi connectivity index (χ1) is 4.43. The van der Waals surface area contributed by atoms with Crippen molar-refractivity contribution >= 4 is 0 Å². The zero-order valence-electron chi connectivity index (χ0n) is 5.93. The van der Waals surface area contributed by atoms with E-state index in [2.05, 4.69) is 29.6 Å². The third kappa shape index (κ3) is 2.06. The summed E-state index contributed by atoms with van der Waals surface area (Å²) in [5, 5.41) is 2.14. The molecule has 1 aliphatic rings. The highest BCUT2D eigenvalue weighted by atomic mass is 15.5. The molecule has 0 saturated carbocycles. The van der Waals surface area contributed by atoms with E-state index in [1.54, 1.807) is 0 Å². The standard InChI is InChI=1S/C7H14N2/c1-2-3-6-9-7-4-5-8-9/h3,6,8H,2,4-5,7H2,1H3. The third-order valence-electron chi connectivity index (χ3n) is 1.41. The Bertz CT molecular complexity index is 93.1. The fourth-order valence-corrected chi connectivity index (χ4v) is 0.911. The van der Waals surface area contributed by atoms with Crippen LogP contribution in [0.15, 0.2) is 12.3 Å². The summed E-state index contributed by atoms with van der Waals surface area (Å²) in [4.78, 5) is 0. The van der Waals surface area contributed by atoms with Crippen LogP contribution in [-0.4, -0.2) is 18.1 Å². The molecule has 0 aromatic rings. The Morgan fingerprint density at radius 3 is 3.11 bits per heavy atom. The van der Waals surface area contributed by atoms with E-state index in [4.69, 9.17) is 0 Å². The van der Waals surface area contributed by atoms with Crippen molar-refractivity contribution in [3.05, 3.63) is 12.3 Å². The first-order valence-corrected chi connectivity index (χ1v) is 3.60. The maximum atomic E-state index is 3.24. The van der Waals surface area contributed by atoms with Crippen LogP contribution in [0.1, 0.15) is 19.8 Å². The van der Waals surface area contributed by atoms with Crippen molar-refractivity contribution in [2.75, 3.05) is 13.1 Å². The van der Waals surface area contributed by atoms with Gasteiger partial charge >= 0.3 is 0 Å². The summed E-state index contributed by atoms with van der Waals surface area (Å²) in [6.07, 6.45) is 6.68. The molecule has 2 heteroatoms. The topological polar surface area (TPSA) is 15.3 Å². The molecule has 0 bridgehead atoms. The van der Waals surface area contributed by atoms with Crippen LogP contribution in [0.5, 0.6) is 0 Å². The van der Waals surface area contributed by atoms with Gasteiger partial charge in [0.1, 0.15) is 0 Å². The summed E-state index contributed by atoms with van der Waals surface area (Å²) < 4.78 is 0. The zero-order valence-corrected chi connectivity index (χ0v) is 5.93. The minimum atomic E-state index is 1.12. The largest absolute Gasteiger partial charge is 0.316 e. The number of allylic oxidation sites excluding steroid dienone is 1. The highest BCUT2D eigenvalue weighted by Gasteiger charge is 2.03. The van der Waals surface area contributed by atoms with Gasteiger partial charge in [0, 0.05) is 19.3 Å². The molecule has 0 amide bonds. The molecule has 0 aliphatic carbocycles. The maximum absolute atomic E-state index is 3.24. The summed E-state index contributed by atoms with van der Waals surface area (Å²) in [6.45, 7) is 4.44. The molecule has 1 heterocycles. The summed E-state index contributed by atoms with van der Waals surface area (Å²) >= 11 is 0. The minimum Gasteiger partial charge on any atom is -0.316 e. The van der Waals surface area contributed by atoms with Gasteiger partial charge in [-0.1, -0.05) is 13.0 Å². The van der Waals surface area contributed by atoms with Crippen LogP contribution in [0.25, 0.3) is 0 Å². The van der Waals surface area contributed by atoms with E-state index < -0.39 is 0 Å². The van der Waals surface area contributed by atoms with Gasteiger partial charge in [0.05, 0.1) is 0 Å². The lowest BCUT2D eigenvalue weighted by Gasteiger charge is -2.09. The minimum absolute atomic E-state index is 1.12. The Labute approximate surface area is 56.5 Å². The highest BCUT2D eigenvalue weighted by Crippen LogP contribution is 1.96. The van der Waals surface area contributed by atoms with Crippen LogP contribution in [-0.2, 0) is 0 Å². The van der Waals surface area contributed by atoms with Crippen molar-refractivity contribution in [1.82, 2.24) is 10.4 Å². The van der Waals surface area contributed by atoms with Crippen LogP contribution in [0.3, 0.4) is 0 Å². The fourth-order valence-electron chi connectivity index (χ4n) is 0.911. The second-order valence-electron chi connectivity index (χ2n) is 2.25. The lowest BCUT2D eigenvalue weighted by Crippen LogP contribution is -2.24. The highest BCUT2D eigenvalue weighted by molar-refractivity contribution is 4.81. The monoisotopic (exact) mass is 126 g/mol. The number of hydrogen-bond acceptors (Lipinski definition) is 2. The summed E-state index contributed by atoms with van der Waals surface area (Å²) in [7, 11) is 0. The Morgan fingerprint density at radius 2 is 2.56 bits per heavy atom. The van der Waals surface area contributed by atoms with Gasteiger partial charge in [-0.3, -0.25) is 0 Å². The van der Waals surface area contributed by atoms with E-state index >= 15 is 0 Å². The Morgan fingerprint density at radius 1 is 1.67 bits per heavy atom. The van der Waals surface area contributed by atoms with Gasteiger partial charge < -0.3 is 5.01 Å². The van der Waals surface area contributed by atoms with E-state index in [9.17, 15) is 0 Å². The van der Waals surface area contributed by atoms with Crippen molar-refractivity contribution < 1.29 is 0 Å². The predicted octanol–water partition coefficient (Wildman–Crippen LogP) is 1.12. The fraction of sp³-hybridized carbons (Fsp3) is 0.714. The molecule has 1 aliphatic heterocycles. The molecule has 2 nitrogen and oxygen atoms in total. The average molecular weight is 126 g/mol. The van der Waals surface area contributed by atoms with Crippen molar-refractivity contribution in [2.24, 2.45) is 0 Å². The Kier molecular flexibility index (Phi) is 2.58. The Balaban J connectivity index is 2.18. The molecule has 1 N–H and O–H groups in total. The quantitative estimate of drug-likeness (QED) is 0.596. The molecule has 1 saturated heterocycles. The first kappa shape index (κ1) is 6.62. The molecular formula is C7H14N2. The van der Waals surface area contributed by atoms with E-state index in [1.807, 2.05) is 0 Å². The lowest BCUT2D eigenvalue weighted by molar-refractivity contribution is 0.358. The molecule has 0 atom stereocenters. The normalized spacial score (nSPS) is 19.9. The van der Waals surface area contributed by atoms with Gasteiger partial charge in [-0.05, 0) is 12.8 Å². The third-order valence-corrected chi connectivity index (χ3v) is 1.41. The summed E-state index contributed by atoms with van der Waals surface area (Å²) in [5.74, 6) is 0. The van der Waals surface area contributed by atoms with E-state index in [-0.39, 0.29) is 0 Å². The van der Waals surface area contributed by atoms with Gasteiger partial charge in [0.15, 0.2) is 0 Å². The number of hydrazine groups is 1.